The molecule has 1 aromatic heterocycles. The standard InChI is InChI=1S/C17H17N3O2/c21-16(9-8-14-5-4-11-18-13-14)19-12-10-17(22)20-15-6-2-1-3-7-15/h1-9,11,13H,10,12H2,(H,19,21)(H,20,22). The summed E-state index contributed by atoms with van der Waals surface area (Å²) in [6.45, 7) is 0.287. The summed E-state index contributed by atoms with van der Waals surface area (Å²) in [6.07, 6.45) is 6.65. The quantitative estimate of drug-likeness (QED) is 0.803. The van der Waals surface area contributed by atoms with Crippen LogP contribution in [0.2, 0.25) is 0 Å². The van der Waals surface area contributed by atoms with E-state index >= 15 is 0 Å². The number of anilines is 1. The van der Waals surface area contributed by atoms with E-state index in [0.29, 0.717) is 0 Å². The summed E-state index contributed by atoms with van der Waals surface area (Å²) in [4.78, 5) is 27.2. The first kappa shape index (κ1) is 15.4. The van der Waals surface area contributed by atoms with Crippen molar-refractivity contribution in [2.24, 2.45) is 0 Å². The molecule has 0 aliphatic heterocycles. The molecule has 1 aromatic carbocycles. The fourth-order valence-electron chi connectivity index (χ4n) is 1.75. The lowest BCUT2D eigenvalue weighted by Crippen LogP contribution is -2.26. The van der Waals surface area contributed by atoms with Crippen molar-refractivity contribution in [2.45, 2.75) is 6.42 Å². The lowest BCUT2D eigenvalue weighted by molar-refractivity contribution is -0.117. The Morgan fingerprint density at radius 3 is 2.64 bits per heavy atom. The van der Waals surface area contributed by atoms with Gasteiger partial charge in [-0.05, 0) is 29.8 Å². The molecule has 0 saturated heterocycles. The predicted octanol–water partition coefficient (Wildman–Crippen LogP) is 2.24. The first-order chi connectivity index (χ1) is 10.7. The smallest absolute Gasteiger partial charge is 0.244 e. The average Bonchev–Trinajstić information content (AvgIpc) is 2.55. The number of carbonyl (C=O) groups excluding carboxylic acids is 2. The molecule has 112 valence electrons. The second-order valence-corrected chi connectivity index (χ2v) is 4.57. The maximum atomic E-state index is 11.7. The molecule has 0 atom stereocenters. The van der Waals surface area contributed by atoms with E-state index in [4.69, 9.17) is 0 Å². The number of carbonyl (C=O) groups is 2. The van der Waals surface area contributed by atoms with Crippen LogP contribution in [0.1, 0.15) is 12.0 Å². The van der Waals surface area contributed by atoms with Crippen molar-refractivity contribution < 1.29 is 9.59 Å². The van der Waals surface area contributed by atoms with Gasteiger partial charge in [-0.1, -0.05) is 24.3 Å². The molecule has 2 N–H and O–H groups in total. The highest BCUT2D eigenvalue weighted by molar-refractivity contribution is 5.93. The number of rotatable bonds is 6. The van der Waals surface area contributed by atoms with Crippen LogP contribution in [0.25, 0.3) is 6.08 Å². The highest BCUT2D eigenvalue weighted by Gasteiger charge is 2.02. The summed E-state index contributed by atoms with van der Waals surface area (Å²) in [5.74, 6) is -0.376. The van der Waals surface area contributed by atoms with E-state index in [2.05, 4.69) is 15.6 Å². The summed E-state index contributed by atoms with van der Waals surface area (Å²) in [6, 6.07) is 12.8. The minimum atomic E-state index is -0.239. The normalized spacial score (nSPS) is 10.4. The van der Waals surface area contributed by atoms with E-state index < -0.39 is 0 Å². The molecule has 2 rings (SSSR count). The summed E-state index contributed by atoms with van der Waals surface area (Å²) >= 11 is 0. The lowest BCUT2D eigenvalue weighted by atomic mass is 10.2. The van der Waals surface area contributed by atoms with E-state index in [9.17, 15) is 9.59 Å². The van der Waals surface area contributed by atoms with E-state index in [-0.39, 0.29) is 24.8 Å². The van der Waals surface area contributed by atoms with Crippen LogP contribution in [0.15, 0.2) is 60.9 Å². The third-order valence-electron chi connectivity index (χ3n) is 2.82. The van der Waals surface area contributed by atoms with Crippen LogP contribution in [0.5, 0.6) is 0 Å². The molecular weight excluding hydrogens is 278 g/mol. The van der Waals surface area contributed by atoms with Crippen molar-refractivity contribution in [2.75, 3.05) is 11.9 Å². The van der Waals surface area contributed by atoms with Crippen molar-refractivity contribution in [3.63, 3.8) is 0 Å². The van der Waals surface area contributed by atoms with Gasteiger partial charge in [0.2, 0.25) is 11.8 Å². The molecule has 2 aromatic rings. The van der Waals surface area contributed by atoms with Gasteiger partial charge in [-0.3, -0.25) is 14.6 Å². The highest BCUT2D eigenvalue weighted by Crippen LogP contribution is 2.05. The molecule has 5 nitrogen and oxygen atoms in total. The van der Waals surface area contributed by atoms with Crippen molar-refractivity contribution in [3.8, 4) is 0 Å². The zero-order valence-corrected chi connectivity index (χ0v) is 12.0. The van der Waals surface area contributed by atoms with Crippen molar-refractivity contribution in [1.82, 2.24) is 10.3 Å². The minimum Gasteiger partial charge on any atom is -0.352 e. The lowest BCUT2D eigenvalue weighted by Gasteiger charge is -2.05. The van der Waals surface area contributed by atoms with Gasteiger partial charge in [-0.15, -0.1) is 0 Å². The van der Waals surface area contributed by atoms with Crippen LogP contribution in [0.3, 0.4) is 0 Å². The number of pyridine rings is 1. The van der Waals surface area contributed by atoms with Crippen LogP contribution in [0.4, 0.5) is 5.69 Å². The predicted molar refractivity (Wildman–Crippen MR) is 86.0 cm³/mol. The van der Waals surface area contributed by atoms with Gasteiger partial charge in [0.15, 0.2) is 0 Å². The van der Waals surface area contributed by atoms with Crippen LogP contribution in [0, 0.1) is 0 Å². The molecule has 0 saturated carbocycles. The molecule has 22 heavy (non-hydrogen) atoms. The van der Waals surface area contributed by atoms with Gasteiger partial charge in [0.1, 0.15) is 0 Å². The van der Waals surface area contributed by atoms with E-state index in [1.807, 2.05) is 36.4 Å². The number of benzene rings is 1. The third kappa shape index (κ3) is 5.58. The molecule has 2 amide bonds. The first-order valence-corrected chi connectivity index (χ1v) is 6.95. The largest absolute Gasteiger partial charge is 0.352 e. The van der Waals surface area contributed by atoms with E-state index in [0.717, 1.165) is 11.3 Å². The Kier molecular flexibility index (Phi) is 5.87. The van der Waals surface area contributed by atoms with Gasteiger partial charge in [0.05, 0.1) is 0 Å². The van der Waals surface area contributed by atoms with Gasteiger partial charge in [0.25, 0.3) is 0 Å². The first-order valence-electron chi connectivity index (χ1n) is 6.95. The molecule has 1 heterocycles. The monoisotopic (exact) mass is 295 g/mol. The number of aromatic nitrogens is 1. The van der Waals surface area contributed by atoms with Crippen molar-refractivity contribution in [1.29, 1.82) is 0 Å². The Labute approximate surface area is 129 Å². The number of amides is 2. The second kappa shape index (κ2) is 8.36. The van der Waals surface area contributed by atoms with E-state index in [1.165, 1.54) is 6.08 Å². The van der Waals surface area contributed by atoms with E-state index in [1.54, 1.807) is 24.5 Å². The number of nitrogens with zero attached hydrogens (tertiary/aromatic N) is 1. The molecule has 0 aliphatic carbocycles. The van der Waals surface area contributed by atoms with Gasteiger partial charge in [-0.2, -0.15) is 0 Å². The second-order valence-electron chi connectivity index (χ2n) is 4.57. The van der Waals surface area contributed by atoms with Gasteiger partial charge >= 0.3 is 0 Å². The van der Waals surface area contributed by atoms with Crippen LogP contribution in [-0.2, 0) is 9.59 Å². The fourth-order valence-corrected chi connectivity index (χ4v) is 1.75. The van der Waals surface area contributed by atoms with Gasteiger partial charge in [0, 0.05) is 37.1 Å². The Morgan fingerprint density at radius 1 is 1.09 bits per heavy atom. The molecule has 5 heteroatoms. The van der Waals surface area contributed by atoms with Crippen LogP contribution < -0.4 is 10.6 Å². The Balaban J connectivity index is 1.68. The number of hydrogen-bond acceptors (Lipinski definition) is 3. The number of nitrogens with one attached hydrogen (secondary N) is 2. The summed E-state index contributed by atoms with van der Waals surface area (Å²) in [5.41, 5.74) is 1.59. The molecule has 0 aliphatic rings. The highest BCUT2D eigenvalue weighted by atomic mass is 16.2. The van der Waals surface area contributed by atoms with Crippen molar-refractivity contribution >= 4 is 23.6 Å². The summed E-state index contributed by atoms with van der Waals surface area (Å²) in [5, 5.41) is 5.42. The third-order valence-corrected chi connectivity index (χ3v) is 2.82. The SMILES string of the molecule is O=C(C=Cc1cccnc1)NCCC(=O)Nc1ccccc1. The fraction of sp³-hybridized carbons (Fsp3) is 0.118. The molecule has 0 radical (unpaired) electrons. The Bertz CT molecular complexity index is 639. The number of para-hydroxylation sites is 1. The topological polar surface area (TPSA) is 71.1 Å². The number of hydrogen-bond donors (Lipinski definition) is 2. The van der Waals surface area contributed by atoms with Crippen LogP contribution in [-0.4, -0.2) is 23.3 Å². The minimum absolute atomic E-state index is 0.136. The molecular formula is C17H17N3O2. The molecule has 0 unspecified atom stereocenters. The maximum Gasteiger partial charge on any atom is 0.244 e. The Morgan fingerprint density at radius 2 is 1.91 bits per heavy atom. The van der Waals surface area contributed by atoms with Gasteiger partial charge < -0.3 is 10.6 Å². The summed E-state index contributed by atoms with van der Waals surface area (Å²) < 4.78 is 0. The average molecular weight is 295 g/mol. The summed E-state index contributed by atoms with van der Waals surface area (Å²) in [7, 11) is 0. The molecule has 0 bridgehead atoms. The zero-order chi connectivity index (χ0) is 15.6. The Hall–Kier alpha value is -2.95. The molecule has 0 spiro atoms. The zero-order valence-electron chi connectivity index (χ0n) is 12.0. The van der Waals surface area contributed by atoms with Gasteiger partial charge in [-0.25, -0.2) is 0 Å². The maximum absolute atomic E-state index is 11.7. The molecule has 0 fully saturated rings. The van der Waals surface area contributed by atoms with Crippen LogP contribution >= 0.6 is 0 Å². The van der Waals surface area contributed by atoms with Crippen molar-refractivity contribution in [3.05, 3.63) is 66.5 Å².